The van der Waals surface area contributed by atoms with Gasteiger partial charge in [0, 0.05) is 24.9 Å². The second kappa shape index (κ2) is 6.29. The monoisotopic (exact) mass is 304 g/mol. The van der Waals surface area contributed by atoms with Crippen molar-refractivity contribution in [2.75, 3.05) is 20.1 Å². The number of aryl methyl sites for hydroxylation is 1. The minimum atomic E-state index is 1.08. The first-order valence-corrected chi connectivity index (χ1v) is 8.73. The topological polar surface area (TPSA) is 16.1 Å². The molecule has 0 aromatic carbocycles. The summed E-state index contributed by atoms with van der Waals surface area (Å²) < 4.78 is 0. The van der Waals surface area contributed by atoms with Crippen LogP contribution in [-0.4, -0.2) is 30.0 Å². The van der Waals surface area contributed by atoms with Gasteiger partial charge in [0.25, 0.3) is 0 Å². The van der Waals surface area contributed by atoms with Crippen LogP contribution < -0.4 is 0 Å². The van der Waals surface area contributed by atoms with Crippen molar-refractivity contribution in [3.05, 3.63) is 70.6 Å². The molecule has 0 bridgehead atoms. The summed E-state index contributed by atoms with van der Waals surface area (Å²) in [5.74, 6) is 0. The second-order valence-electron chi connectivity index (χ2n) is 6.80. The van der Waals surface area contributed by atoms with E-state index in [2.05, 4.69) is 48.4 Å². The smallest absolute Gasteiger partial charge is 0.0739 e. The first-order valence-electron chi connectivity index (χ1n) is 8.73. The van der Waals surface area contributed by atoms with Crippen molar-refractivity contribution in [2.45, 2.75) is 32.1 Å². The van der Waals surface area contributed by atoms with Crippen LogP contribution >= 0.6 is 0 Å². The van der Waals surface area contributed by atoms with E-state index in [1.165, 1.54) is 35.2 Å². The predicted octanol–water partition coefficient (Wildman–Crippen LogP) is 4.32. The molecule has 1 saturated heterocycles. The van der Waals surface area contributed by atoms with Crippen LogP contribution in [0.25, 0.3) is 5.57 Å². The Morgan fingerprint density at radius 1 is 1.00 bits per heavy atom. The molecule has 1 aliphatic heterocycles. The lowest BCUT2D eigenvalue weighted by Crippen LogP contribution is -2.27. The summed E-state index contributed by atoms with van der Waals surface area (Å²) in [6.45, 7) is 2.32. The summed E-state index contributed by atoms with van der Waals surface area (Å²) in [6.07, 6.45) is 16.6. The van der Waals surface area contributed by atoms with Crippen LogP contribution in [0, 0.1) is 0 Å². The molecule has 1 aromatic heterocycles. The molecule has 2 nitrogen and oxygen atoms in total. The van der Waals surface area contributed by atoms with Gasteiger partial charge in [0.1, 0.15) is 0 Å². The summed E-state index contributed by atoms with van der Waals surface area (Å²) in [4.78, 5) is 7.25. The molecule has 2 heterocycles. The Kier molecular flexibility index (Phi) is 4.00. The Balaban J connectivity index is 1.90. The fraction of sp³-hybridized carbons (Fsp3) is 0.381. The maximum atomic E-state index is 4.82. The third-order valence-corrected chi connectivity index (χ3v) is 5.29. The van der Waals surface area contributed by atoms with E-state index in [-0.39, 0.29) is 0 Å². The van der Waals surface area contributed by atoms with E-state index < -0.39 is 0 Å². The Bertz CT molecular complexity index is 724. The average Bonchev–Trinajstić information content (AvgIpc) is 2.89. The number of hydrogen-bond acceptors (Lipinski definition) is 2. The molecular weight excluding hydrogens is 280 g/mol. The highest BCUT2D eigenvalue weighted by molar-refractivity contribution is 5.85. The highest BCUT2D eigenvalue weighted by atomic mass is 15.1. The Morgan fingerprint density at radius 3 is 2.74 bits per heavy atom. The summed E-state index contributed by atoms with van der Waals surface area (Å²) >= 11 is 0. The fourth-order valence-corrected chi connectivity index (χ4v) is 3.94. The van der Waals surface area contributed by atoms with Crippen LogP contribution in [0.5, 0.6) is 0 Å². The fourth-order valence-electron chi connectivity index (χ4n) is 3.94. The van der Waals surface area contributed by atoms with Gasteiger partial charge in [0.2, 0.25) is 0 Å². The van der Waals surface area contributed by atoms with Crippen molar-refractivity contribution < 1.29 is 0 Å². The number of piperidine rings is 1. The molecule has 3 aliphatic rings. The van der Waals surface area contributed by atoms with Gasteiger partial charge in [-0.2, -0.15) is 0 Å². The zero-order valence-electron chi connectivity index (χ0n) is 13.9. The zero-order chi connectivity index (χ0) is 15.6. The number of rotatable bonds is 0. The summed E-state index contributed by atoms with van der Waals surface area (Å²) in [5.41, 5.74) is 8.73. The Morgan fingerprint density at radius 2 is 1.87 bits per heavy atom. The molecule has 0 unspecified atom stereocenters. The summed E-state index contributed by atoms with van der Waals surface area (Å²) in [6, 6.07) is 4.35. The molecule has 23 heavy (non-hydrogen) atoms. The average molecular weight is 304 g/mol. The van der Waals surface area contributed by atoms with Gasteiger partial charge >= 0.3 is 0 Å². The van der Waals surface area contributed by atoms with Crippen LogP contribution in [0.3, 0.4) is 0 Å². The van der Waals surface area contributed by atoms with E-state index in [4.69, 9.17) is 4.98 Å². The lowest BCUT2D eigenvalue weighted by atomic mass is 9.88. The quantitative estimate of drug-likeness (QED) is 0.709. The van der Waals surface area contributed by atoms with E-state index in [1.807, 2.05) is 6.20 Å². The lowest BCUT2D eigenvalue weighted by molar-refractivity contribution is 0.313. The van der Waals surface area contributed by atoms with E-state index >= 15 is 0 Å². The molecular formula is C21H24N2. The molecule has 2 heteroatoms. The SMILES string of the molecule is CN1CCC(=C2C3=C(CC=CC=C3)CCc3cccnc32)CC1. The van der Waals surface area contributed by atoms with Crippen LogP contribution in [0.1, 0.15) is 36.9 Å². The molecule has 0 N–H and O–H groups in total. The number of allylic oxidation sites excluding steroid dienone is 7. The lowest BCUT2D eigenvalue weighted by Gasteiger charge is -2.27. The van der Waals surface area contributed by atoms with Crippen molar-refractivity contribution in [1.29, 1.82) is 0 Å². The molecule has 0 amide bonds. The molecule has 0 spiro atoms. The molecule has 118 valence electrons. The molecule has 0 atom stereocenters. The number of hydrogen-bond donors (Lipinski definition) is 0. The second-order valence-corrected chi connectivity index (χ2v) is 6.80. The molecule has 1 fully saturated rings. The van der Waals surface area contributed by atoms with Gasteiger partial charge in [-0.3, -0.25) is 4.98 Å². The van der Waals surface area contributed by atoms with E-state index in [0.717, 1.165) is 32.4 Å². The van der Waals surface area contributed by atoms with Crippen LogP contribution in [0.15, 0.2) is 59.4 Å². The van der Waals surface area contributed by atoms with Crippen molar-refractivity contribution in [3.8, 4) is 0 Å². The zero-order valence-corrected chi connectivity index (χ0v) is 13.9. The molecule has 4 rings (SSSR count). The predicted molar refractivity (Wildman–Crippen MR) is 96.1 cm³/mol. The van der Waals surface area contributed by atoms with Gasteiger partial charge in [-0.15, -0.1) is 0 Å². The van der Waals surface area contributed by atoms with E-state index in [0.29, 0.717) is 0 Å². The minimum absolute atomic E-state index is 1.08. The van der Waals surface area contributed by atoms with Gasteiger partial charge in [0.15, 0.2) is 0 Å². The highest BCUT2D eigenvalue weighted by Gasteiger charge is 2.24. The molecule has 0 saturated carbocycles. The first kappa shape index (κ1) is 14.6. The van der Waals surface area contributed by atoms with E-state index in [9.17, 15) is 0 Å². The minimum Gasteiger partial charge on any atom is -0.306 e. The first-order chi connectivity index (χ1) is 11.3. The largest absolute Gasteiger partial charge is 0.306 e. The number of nitrogens with zero attached hydrogens (tertiary/aromatic N) is 2. The number of likely N-dealkylation sites (tertiary alicyclic amines) is 1. The Labute approximate surface area is 138 Å². The van der Waals surface area contributed by atoms with Crippen molar-refractivity contribution in [2.24, 2.45) is 0 Å². The summed E-state index contributed by atoms with van der Waals surface area (Å²) in [7, 11) is 2.22. The standard InChI is InChI=1S/C21H24N2/c1-23-14-11-17(12-15-23)20-19-8-4-2-3-6-16(19)9-10-18-7-5-13-22-21(18)20/h2-5,7-8,13H,6,9-12,14-15H2,1H3. The van der Waals surface area contributed by atoms with Gasteiger partial charge in [-0.25, -0.2) is 0 Å². The van der Waals surface area contributed by atoms with Crippen molar-refractivity contribution >= 4 is 5.57 Å². The van der Waals surface area contributed by atoms with Gasteiger partial charge in [-0.1, -0.05) is 41.5 Å². The van der Waals surface area contributed by atoms with Gasteiger partial charge < -0.3 is 4.90 Å². The Hall–Kier alpha value is -1.93. The third kappa shape index (κ3) is 2.84. The normalized spacial score (nSPS) is 21.8. The number of pyridine rings is 1. The van der Waals surface area contributed by atoms with E-state index in [1.54, 1.807) is 11.1 Å². The highest BCUT2D eigenvalue weighted by Crippen LogP contribution is 2.40. The van der Waals surface area contributed by atoms with Crippen molar-refractivity contribution in [1.82, 2.24) is 9.88 Å². The van der Waals surface area contributed by atoms with Crippen LogP contribution in [0.2, 0.25) is 0 Å². The van der Waals surface area contributed by atoms with Gasteiger partial charge in [0.05, 0.1) is 5.69 Å². The maximum Gasteiger partial charge on any atom is 0.0739 e. The third-order valence-electron chi connectivity index (χ3n) is 5.29. The van der Waals surface area contributed by atoms with Crippen LogP contribution in [-0.2, 0) is 6.42 Å². The van der Waals surface area contributed by atoms with Crippen LogP contribution in [0.4, 0.5) is 0 Å². The molecule has 1 aromatic rings. The number of fused-ring (bicyclic) bond motifs is 1. The van der Waals surface area contributed by atoms with Crippen molar-refractivity contribution in [3.63, 3.8) is 0 Å². The maximum absolute atomic E-state index is 4.82. The van der Waals surface area contributed by atoms with Gasteiger partial charge in [-0.05, 0) is 56.4 Å². The molecule has 0 radical (unpaired) electrons. The molecule has 2 aliphatic carbocycles. The number of aromatic nitrogens is 1. The summed E-state index contributed by atoms with van der Waals surface area (Å²) in [5, 5.41) is 0.